The van der Waals surface area contributed by atoms with Crippen LogP contribution in [0.25, 0.3) is 11.0 Å². The first-order valence-corrected chi connectivity index (χ1v) is 10.1. The topological polar surface area (TPSA) is 73.0 Å². The molecule has 4 aromatic rings. The third kappa shape index (κ3) is 3.80. The molecule has 0 saturated carbocycles. The number of nitrogens with zero attached hydrogens (tertiary/aromatic N) is 2. The highest BCUT2D eigenvalue weighted by molar-refractivity contribution is 6.30. The zero-order valence-electron chi connectivity index (χ0n) is 18.2. The summed E-state index contributed by atoms with van der Waals surface area (Å²) in [5, 5.41) is 6.23. The highest BCUT2D eigenvalue weighted by atomic mass is 35.5. The number of aromatic amines is 1. The van der Waals surface area contributed by atoms with Gasteiger partial charge in [-0.3, -0.25) is 0 Å². The number of benzene rings is 2. The van der Waals surface area contributed by atoms with Crippen LogP contribution < -0.4 is 15.5 Å². The van der Waals surface area contributed by atoms with Gasteiger partial charge in [-0.05, 0) is 54.4 Å². The van der Waals surface area contributed by atoms with Crippen molar-refractivity contribution >= 4 is 45.7 Å². The van der Waals surface area contributed by atoms with Crippen molar-refractivity contribution in [1.29, 1.82) is 0 Å². The number of urea groups is 1. The maximum atomic E-state index is 14.0. The second kappa shape index (κ2) is 7.92. The third-order valence-electron chi connectivity index (χ3n) is 5.16. The van der Waals surface area contributed by atoms with Crippen molar-refractivity contribution in [2.75, 3.05) is 22.1 Å². The van der Waals surface area contributed by atoms with E-state index < -0.39 is 18.3 Å². The SMILES string of the molecule is [2H]C([2H])(c1c[nH]c2ncccc12)N1CCc2c(NC(=O)Nc3cc(Cl)ccc3F)cccc21. The van der Waals surface area contributed by atoms with Gasteiger partial charge in [0, 0.05) is 52.8 Å². The van der Waals surface area contributed by atoms with Gasteiger partial charge in [0.25, 0.3) is 0 Å². The number of halogens is 2. The van der Waals surface area contributed by atoms with Gasteiger partial charge in [0.05, 0.1) is 8.43 Å². The van der Waals surface area contributed by atoms with E-state index in [2.05, 4.69) is 20.6 Å². The van der Waals surface area contributed by atoms with Crippen LogP contribution in [0.1, 0.15) is 13.9 Å². The Kier molecular flexibility index (Phi) is 4.38. The fourth-order valence-electron chi connectivity index (χ4n) is 3.73. The predicted octanol–water partition coefficient (Wildman–Crippen LogP) is 5.56. The number of hydrogen-bond donors (Lipinski definition) is 3. The molecule has 2 aromatic heterocycles. The molecule has 0 radical (unpaired) electrons. The lowest BCUT2D eigenvalue weighted by Gasteiger charge is -2.19. The average molecular weight is 438 g/mol. The number of aromatic nitrogens is 2. The van der Waals surface area contributed by atoms with E-state index in [1.807, 2.05) is 12.1 Å². The van der Waals surface area contributed by atoms with Gasteiger partial charge in [0.1, 0.15) is 11.5 Å². The largest absolute Gasteiger partial charge is 0.367 e. The Balaban J connectivity index is 1.42. The first-order chi connectivity index (χ1) is 15.8. The molecule has 1 aliphatic rings. The molecule has 3 heterocycles. The number of fused-ring (bicyclic) bond motifs is 2. The van der Waals surface area contributed by atoms with Crippen molar-refractivity contribution < 1.29 is 11.9 Å². The zero-order valence-corrected chi connectivity index (χ0v) is 17.0. The van der Waals surface area contributed by atoms with Crippen LogP contribution in [0, 0.1) is 5.82 Å². The zero-order chi connectivity index (χ0) is 23.2. The molecule has 2 amide bonds. The lowest BCUT2D eigenvalue weighted by Crippen LogP contribution is -2.21. The van der Waals surface area contributed by atoms with E-state index in [9.17, 15) is 9.18 Å². The van der Waals surface area contributed by atoms with Gasteiger partial charge in [-0.15, -0.1) is 0 Å². The third-order valence-corrected chi connectivity index (χ3v) is 5.39. The number of rotatable bonds is 4. The molecule has 3 N–H and O–H groups in total. The molecule has 8 heteroatoms. The second-order valence-corrected chi connectivity index (χ2v) is 7.56. The minimum atomic E-state index is -1.81. The number of pyridine rings is 1. The van der Waals surface area contributed by atoms with E-state index >= 15 is 0 Å². The summed E-state index contributed by atoms with van der Waals surface area (Å²) >= 11 is 5.89. The molecule has 0 aliphatic carbocycles. The van der Waals surface area contributed by atoms with Gasteiger partial charge >= 0.3 is 6.03 Å². The van der Waals surface area contributed by atoms with Crippen LogP contribution in [0.3, 0.4) is 0 Å². The molecule has 1 aliphatic heterocycles. The summed E-state index contributed by atoms with van der Waals surface area (Å²) < 4.78 is 31.7. The van der Waals surface area contributed by atoms with Crippen molar-refractivity contribution in [3.63, 3.8) is 0 Å². The van der Waals surface area contributed by atoms with Gasteiger partial charge in [-0.1, -0.05) is 17.7 Å². The Morgan fingerprint density at radius 3 is 3.00 bits per heavy atom. The fourth-order valence-corrected chi connectivity index (χ4v) is 3.90. The minimum absolute atomic E-state index is 0.0292. The maximum Gasteiger partial charge on any atom is 0.323 e. The Morgan fingerprint density at radius 2 is 2.10 bits per heavy atom. The summed E-state index contributed by atoms with van der Waals surface area (Å²) in [6, 6.07) is 12.2. The summed E-state index contributed by atoms with van der Waals surface area (Å²) in [7, 11) is 0. The Hall–Kier alpha value is -3.58. The van der Waals surface area contributed by atoms with Crippen molar-refractivity contribution in [3.05, 3.63) is 82.9 Å². The van der Waals surface area contributed by atoms with Crippen LogP contribution in [-0.4, -0.2) is 22.5 Å². The van der Waals surface area contributed by atoms with E-state index in [4.69, 9.17) is 14.3 Å². The summed E-state index contributed by atoms with van der Waals surface area (Å²) in [6.45, 7) is -1.38. The van der Waals surface area contributed by atoms with E-state index in [1.165, 1.54) is 18.2 Å². The quantitative estimate of drug-likeness (QED) is 0.391. The monoisotopic (exact) mass is 437 g/mol. The Bertz CT molecular complexity index is 1380. The van der Waals surface area contributed by atoms with E-state index in [-0.39, 0.29) is 5.69 Å². The van der Waals surface area contributed by atoms with Crippen LogP contribution in [0.4, 0.5) is 26.2 Å². The molecular weight excluding hydrogens is 417 g/mol. The van der Waals surface area contributed by atoms with Gasteiger partial charge < -0.3 is 20.5 Å². The van der Waals surface area contributed by atoms with E-state index in [0.29, 0.717) is 46.0 Å². The number of carbonyl (C=O) groups is 1. The van der Waals surface area contributed by atoms with Crippen molar-refractivity contribution in [2.45, 2.75) is 12.9 Å². The average Bonchev–Trinajstić information content (AvgIpc) is 3.42. The highest BCUT2D eigenvalue weighted by Crippen LogP contribution is 2.35. The molecule has 0 atom stereocenters. The van der Waals surface area contributed by atoms with Crippen molar-refractivity contribution in [1.82, 2.24) is 9.97 Å². The van der Waals surface area contributed by atoms with Crippen molar-refractivity contribution in [2.24, 2.45) is 0 Å². The highest BCUT2D eigenvalue weighted by Gasteiger charge is 2.23. The smallest absolute Gasteiger partial charge is 0.323 e. The number of H-pyrrole nitrogens is 1. The molecule has 6 nitrogen and oxygen atoms in total. The van der Waals surface area contributed by atoms with Crippen LogP contribution in [0.5, 0.6) is 0 Å². The molecule has 0 bridgehead atoms. The number of carbonyl (C=O) groups excluding carboxylic acids is 1. The molecule has 156 valence electrons. The Labute approximate surface area is 185 Å². The first-order valence-electron chi connectivity index (χ1n) is 10.7. The number of anilines is 3. The molecule has 31 heavy (non-hydrogen) atoms. The summed E-state index contributed by atoms with van der Waals surface area (Å²) in [5.74, 6) is -0.597. The Morgan fingerprint density at radius 1 is 1.23 bits per heavy atom. The van der Waals surface area contributed by atoms with E-state index in [1.54, 1.807) is 35.5 Å². The van der Waals surface area contributed by atoms with Crippen LogP contribution in [0.15, 0.2) is 60.9 Å². The molecule has 5 rings (SSSR count). The lowest BCUT2D eigenvalue weighted by molar-refractivity contribution is 0.262. The summed E-state index contributed by atoms with van der Waals surface area (Å²) in [5.41, 5.74) is 3.11. The number of nitrogens with one attached hydrogen (secondary N) is 3. The second-order valence-electron chi connectivity index (χ2n) is 7.12. The molecular formula is C23H19ClFN5O. The van der Waals surface area contributed by atoms with Crippen LogP contribution in [-0.2, 0) is 12.9 Å². The molecule has 2 aromatic carbocycles. The van der Waals surface area contributed by atoms with Gasteiger partial charge in [-0.2, -0.15) is 0 Å². The van der Waals surface area contributed by atoms with Gasteiger partial charge in [0.15, 0.2) is 0 Å². The molecule has 0 spiro atoms. The molecule has 0 unspecified atom stereocenters. The standard InChI is InChI=1S/C23H19ClFN5O/c24-15-6-7-18(25)20(11-15)29-23(31)28-19-4-1-5-21-17(19)8-10-30(21)13-14-12-27-22-16(14)3-2-9-26-22/h1-7,9,11-12H,8,10,13H2,(H,26,27)(H2,28,29,31)/i13D2. The minimum Gasteiger partial charge on any atom is -0.367 e. The van der Waals surface area contributed by atoms with Crippen molar-refractivity contribution in [3.8, 4) is 0 Å². The van der Waals surface area contributed by atoms with Gasteiger partial charge in [-0.25, -0.2) is 14.2 Å². The van der Waals surface area contributed by atoms with Crippen LogP contribution >= 0.6 is 11.6 Å². The number of amides is 2. The van der Waals surface area contributed by atoms with Crippen LogP contribution in [0.2, 0.25) is 5.02 Å². The number of hydrogen-bond acceptors (Lipinski definition) is 3. The van der Waals surface area contributed by atoms with Gasteiger partial charge in [0.2, 0.25) is 0 Å². The fraction of sp³-hybridized carbons (Fsp3) is 0.130. The van der Waals surface area contributed by atoms with E-state index in [0.717, 1.165) is 5.56 Å². The summed E-state index contributed by atoms with van der Waals surface area (Å²) in [4.78, 5) is 21.5. The molecule has 0 fully saturated rings. The summed E-state index contributed by atoms with van der Waals surface area (Å²) in [6.07, 6.45) is 3.84. The molecule has 0 saturated heterocycles. The normalized spacial score (nSPS) is 14.2. The lowest BCUT2D eigenvalue weighted by atomic mass is 10.1. The first kappa shape index (κ1) is 17.1. The maximum absolute atomic E-state index is 14.0. The predicted molar refractivity (Wildman–Crippen MR) is 121 cm³/mol.